The summed E-state index contributed by atoms with van der Waals surface area (Å²) in [5.74, 6) is -0.840. The highest BCUT2D eigenvalue weighted by molar-refractivity contribution is 5.91. The molecule has 84 valence electrons. The summed E-state index contributed by atoms with van der Waals surface area (Å²) in [6.07, 6.45) is 11.2. The fraction of sp³-hybridized carbons (Fsp3) is 0.0714. The van der Waals surface area contributed by atoms with E-state index in [1.807, 2.05) is 48.7 Å². The van der Waals surface area contributed by atoms with Crippen LogP contribution in [0.15, 0.2) is 42.6 Å². The molecule has 0 aliphatic carbocycles. The number of benzene rings is 1. The molecule has 2 aliphatic rings. The number of nitrogens with zero attached hydrogens (tertiary/aromatic N) is 1. The number of carbonyl (C=O) groups is 1. The first-order valence-electron chi connectivity index (χ1n) is 5.44. The second-order valence-corrected chi connectivity index (χ2v) is 4.04. The van der Waals surface area contributed by atoms with Gasteiger partial charge in [0, 0.05) is 6.20 Å². The molecule has 0 radical (unpaired) electrons. The SMILES string of the molecule is O=C(O)C1C=Cc2cccc3c2N1C=CC=C3. The zero-order valence-electron chi connectivity index (χ0n) is 9.08. The van der Waals surface area contributed by atoms with E-state index in [2.05, 4.69) is 0 Å². The van der Waals surface area contributed by atoms with Crippen LogP contribution in [-0.4, -0.2) is 17.1 Å². The van der Waals surface area contributed by atoms with Crippen LogP contribution in [0.25, 0.3) is 12.2 Å². The summed E-state index contributed by atoms with van der Waals surface area (Å²) in [7, 11) is 0. The van der Waals surface area contributed by atoms with Crippen molar-refractivity contribution >= 4 is 23.8 Å². The lowest BCUT2D eigenvalue weighted by atomic mass is 9.99. The van der Waals surface area contributed by atoms with Gasteiger partial charge in [-0.15, -0.1) is 0 Å². The molecule has 3 heteroatoms. The maximum atomic E-state index is 11.2. The first kappa shape index (κ1) is 9.90. The first-order valence-corrected chi connectivity index (χ1v) is 5.44. The average Bonchev–Trinajstić information content (AvgIpc) is 2.54. The fourth-order valence-electron chi connectivity index (χ4n) is 2.24. The second-order valence-electron chi connectivity index (χ2n) is 4.04. The van der Waals surface area contributed by atoms with Gasteiger partial charge < -0.3 is 10.0 Å². The van der Waals surface area contributed by atoms with E-state index >= 15 is 0 Å². The zero-order chi connectivity index (χ0) is 11.8. The average molecular weight is 225 g/mol. The fourth-order valence-corrected chi connectivity index (χ4v) is 2.24. The third-order valence-electron chi connectivity index (χ3n) is 3.00. The van der Waals surface area contributed by atoms with Crippen LogP contribution >= 0.6 is 0 Å². The topological polar surface area (TPSA) is 40.5 Å². The van der Waals surface area contributed by atoms with E-state index in [1.165, 1.54) is 0 Å². The highest BCUT2D eigenvalue weighted by Gasteiger charge is 2.28. The zero-order valence-corrected chi connectivity index (χ0v) is 9.08. The number of aliphatic carboxylic acids is 1. The van der Waals surface area contributed by atoms with Crippen molar-refractivity contribution in [1.82, 2.24) is 0 Å². The third-order valence-corrected chi connectivity index (χ3v) is 3.00. The van der Waals surface area contributed by atoms with Gasteiger partial charge in [-0.2, -0.15) is 0 Å². The molecule has 1 N–H and O–H groups in total. The summed E-state index contributed by atoms with van der Waals surface area (Å²) in [5, 5.41) is 9.22. The van der Waals surface area contributed by atoms with Crippen LogP contribution < -0.4 is 4.90 Å². The molecule has 2 heterocycles. The van der Waals surface area contributed by atoms with Crippen molar-refractivity contribution in [2.45, 2.75) is 6.04 Å². The normalized spacial score (nSPS) is 20.0. The van der Waals surface area contributed by atoms with Crippen LogP contribution in [0.3, 0.4) is 0 Å². The quantitative estimate of drug-likeness (QED) is 0.798. The molecule has 0 amide bonds. The molecule has 1 atom stereocenters. The van der Waals surface area contributed by atoms with Crippen molar-refractivity contribution in [2.24, 2.45) is 0 Å². The van der Waals surface area contributed by atoms with Crippen molar-refractivity contribution in [2.75, 3.05) is 4.90 Å². The van der Waals surface area contributed by atoms with Gasteiger partial charge in [0.25, 0.3) is 0 Å². The van der Waals surface area contributed by atoms with Gasteiger partial charge >= 0.3 is 5.97 Å². The Morgan fingerprint density at radius 2 is 1.94 bits per heavy atom. The van der Waals surface area contributed by atoms with Crippen molar-refractivity contribution in [3.05, 3.63) is 53.8 Å². The maximum absolute atomic E-state index is 11.2. The lowest BCUT2D eigenvalue weighted by Crippen LogP contribution is -2.38. The van der Waals surface area contributed by atoms with E-state index in [-0.39, 0.29) is 0 Å². The highest BCUT2D eigenvalue weighted by Crippen LogP contribution is 2.34. The Morgan fingerprint density at radius 1 is 1.18 bits per heavy atom. The minimum atomic E-state index is -0.840. The predicted molar refractivity (Wildman–Crippen MR) is 67.6 cm³/mol. The number of hydrogen-bond donors (Lipinski definition) is 1. The van der Waals surface area contributed by atoms with Crippen LogP contribution in [0.1, 0.15) is 11.1 Å². The van der Waals surface area contributed by atoms with E-state index in [1.54, 1.807) is 11.0 Å². The number of para-hydroxylation sites is 1. The van der Waals surface area contributed by atoms with Crippen LogP contribution in [0.2, 0.25) is 0 Å². The smallest absolute Gasteiger partial charge is 0.330 e. The molecular formula is C14H11NO2. The highest BCUT2D eigenvalue weighted by atomic mass is 16.4. The molecule has 1 aromatic carbocycles. The molecule has 0 fully saturated rings. The standard InChI is InChI=1S/C14H11NO2/c16-14(17)12-8-7-11-6-3-5-10-4-1-2-9-15(12)13(10)11/h1-9,12H,(H,16,17). The Bertz CT molecular complexity index is 570. The van der Waals surface area contributed by atoms with Gasteiger partial charge in [-0.25, -0.2) is 4.79 Å². The summed E-state index contributed by atoms with van der Waals surface area (Å²) in [6.45, 7) is 0. The second kappa shape index (κ2) is 3.63. The molecule has 0 spiro atoms. The van der Waals surface area contributed by atoms with Gasteiger partial charge in [0.1, 0.15) is 6.04 Å². The third kappa shape index (κ3) is 1.47. The molecule has 3 rings (SSSR count). The first-order chi connectivity index (χ1) is 8.27. The lowest BCUT2D eigenvalue weighted by Gasteiger charge is -2.31. The molecule has 0 saturated carbocycles. The number of carboxylic acid groups (broad SMARTS) is 1. The summed E-state index contributed by atoms with van der Waals surface area (Å²) in [6, 6.07) is 5.34. The molecular weight excluding hydrogens is 214 g/mol. The molecule has 1 aromatic rings. The molecule has 1 unspecified atom stereocenters. The molecule has 0 bridgehead atoms. The number of rotatable bonds is 1. The maximum Gasteiger partial charge on any atom is 0.330 e. The van der Waals surface area contributed by atoms with Crippen molar-refractivity contribution in [3.8, 4) is 0 Å². The minimum absolute atomic E-state index is 0.625. The molecule has 17 heavy (non-hydrogen) atoms. The van der Waals surface area contributed by atoms with E-state index < -0.39 is 12.0 Å². The molecule has 0 saturated heterocycles. The minimum Gasteiger partial charge on any atom is -0.479 e. The number of carboxylic acids is 1. The van der Waals surface area contributed by atoms with Crippen molar-refractivity contribution in [1.29, 1.82) is 0 Å². The van der Waals surface area contributed by atoms with Crippen LogP contribution in [-0.2, 0) is 4.79 Å². The number of hydrogen-bond acceptors (Lipinski definition) is 2. The van der Waals surface area contributed by atoms with Crippen LogP contribution in [0.4, 0.5) is 5.69 Å². The van der Waals surface area contributed by atoms with Crippen LogP contribution in [0.5, 0.6) is 0 Å². The van der Waals surface area contributed by atoms with E-state index in [9.17, 15) is 9.90 Å². The monoisotopic (exact) mass is 225 g/mol. The lowest BCUT2D eigenvalue weighted by molar-refractivity contribution is -0.137. The van der Waals surface area contributed by atoms with Gasteiger partial charge in [0.2, 0.25) is 0 Å². The van der Waals surface area contributed by atoms with E-state index in [0.29, 0.717) is 0 Å². The number of allylic oxidation sites excluding steroid dienone is 2. The molecule has 2 aliphatic heterocycles. The summed E-state index contributed by atoms with van der Waals surface area (Å²) >= 11 is 0. The van der Waals surface area contributed by atoms with Gasteiger partial charge in [-0.1, -0.05) is 36.4 Å². The Hall–Kier alpha value is -2.29. The summed E-state index contributed by atoms with van der Waals surface area (Å²) < 4.78 is 0. The summed E-state index contributed by atoms with van der Waals surface area (Å²) in [4.78, 5) is 13.0. The van der Waals surface area contributed by atoms with Crippen molar-refractivity contribution < 1.29 is 9.90 Å². The Morgan fingerprint density at radius 3 is 2.71 bits per heavy atom. The van der Waals surface area contributed by atoms with Gasteiger partial charge in [0.05, 0.1) is 5.69 Å². The largest absolute Gasteiger partial charge is 0.479 e. The predicted octanol–water partition coefficient (Wildman–Crippen LogP) is 2.51. The summed E-state index contributed by atoms with van der Waals surface area (Å²) in [5.41, 5.74) is 3.06. The Labute approximate surface area is 99.0 Å². The number of anilines is 1. The van der Waals surface area contributed by atoms with E-state index in [0.717, 1.165) is 16.8 Å². The Balaban J connectivity index is 2.24. The van der Waals surface area contributed by atoms with Crippen molar-refractivity contribution in [3.63, 3.8) is 0 Å². The van der Waals surface area contributed by atoms with E-state index in [4.69, 9.17) is 0 Å². The van der Waals surface area contributed by atoms with Gasteiger partial charge in [0.15, 0.2) is 0 Å². The van der Waals surface area contributed by atoms with Gasteiger partial charge in [-0.05, 0) is 23.3 Å². The van der Waals surface area contributed by atoms with Crippen LogP contribution in [0, 0.1) is 0 Å². The molecule has 3 nitrogen and oxygen atoms in total. The van der Waals surface area contributed by atoms with Gasteiger partial charge in [-0.3, -0.25) is 0 Å². The Kier molecular flexibility index (Phi) is 2.11. The molecule has 0 aromatic heterocycles.